The number of nitro benzene ring substituents is 4. The predicted molar refractivity (Wildman–Crippen MR) is 103 cm³/mol. The number of para-hydroxylation sites is 2. The van der Waals surface area contributed by atoms with Gasteiger partial charge in [0.1, 0.15) is 6.61 Å². The summed E-state index contributed by atoms with van der Waals surface area (Å²) >= 11 is 0. The van der Waals surface area contributed by atoms with Gasteiger partial charge in [-0.05, 0) is 19.1 Å². The van der Waals surface area contributed by atoms with Crippen LogP contribution >= 0.6 is 0 Å². The van der Waals surface area contributed by atoms with Gasteiger partial charge in [-0.3, -0.25) is 40.5 Å². The maximum absolute atomic E-state index is 10.8. The van der Waals surface area contributed by atoms with E-state index in [0.29, 0.717) is 6.61 Å². The summed E-state index contributed by atoms with van der Waals surface area (Å²) in [6.07, 6.45) is 0. The zero-order chi connectivity index (χ0) is 23.6. The van der Waals surface area contributed by atoms with Crippen LogP contribution in [-0.4, -0.2) is 44.6 Å². The molecule has 15 nitrogen and oxygen atoms in total. The fraction of sp³-hybridized carbons (Fsp3) is 0.250. The van der Waals surface area contributed by atoms with Gasteiger partial charge in [0.25, 0.3) is 0 Å². The van der Waals surface area contributed by atoms with Gasteiger partial charge in [0.15, 0.2) is 0 Å². The molecule has 0 aliphatic carbocycles. The molecular formula is C16H16N4O11. The summed E-state index contributed by atoms with van der Waals surface area (Å²) in [6.45, 7) is 2.66. The Hall–Kier alpha value is -4.40. The lowest BCUT2D eigenvalue weighted by molar-refractivity contribution is -0.423. The van der Waals surface area contributed by atoms with Gasteiger partial charge in [-0.15, -0.1) is 0 Å². The molecule has 0 spiro atoms. The third kappa shape index (κ3) is 6.86. The maximum Gasteiger partial charge on any atom is 0.387 e. The SMILES string of the molecule is CCOCCOc1cccc([N+](=O)[O-])c1[N+](=O)[O-].O=[N+]([O-])c1cccc(O)c1[N+](=O)[O-]. The zero-order valence-electron chi connectivity index (χ0n) is 15.9. The molecule has 0 unspecified atom stereocenters. The summed E-state index contributed by atoms with van der Waals surface area (Å²) in [7, 11) is 0. The summed E-state index contributed by atoms with van der Waals surface area (Å²) < 4.78 is 10.1. The third-order valence-corrected chi connectivity index (χ3v) is 3.42. The molecule has 0 heterocycles. The topological polar surface area (TPSA) is 211 Å². The highest BCUT2D eigenvalue weighted by Gasteiger charge is 2.29. The molecule has 0 aliphatic heterocycles. The number of nitrogens with zero attached hydrogens (tertiary/aromatic N) is 4. The van der Waals surface area contributed by atoms with Gasteiger partial charge in [-0.25, -0.2) is 0 Å². The molecule has 0 aromatic heterocycles. The van der Waals surface area contributed by atoms with E-state index in [4.69, 9.17) is 14.6 Å². The zero-order valence-corrected chi connectivity index (χ0v) is 15.9. The predicted octanol–water partition coefficient (Wildman–Crippen LogP) is 3.13. The fourth-order valence-electron chi connectivity index (χ4n) is 2.17. The number of aromatic hydroxyl groups is 1. The molecule has 0 saturated carbocycles. The number of hydrogen-bond acceptors (Lipinski definition) is 11. The molecule has 15 heteroatoms. The molecule has 31 heavy (non-hydrogen) atoms. The summed E-state index contributed by atoms with van der Waals surface area (Å²) in [4.78, 5) is 38.5. The van der Waals surface area contributed by atoms with Gasteiger partial charge in [0.2, 0.25) is 11.5 Å². The highest BCUT2D eigenvalue weighted by atomic mass is 16.6. The Morgan fingerprint density at radius 1 is 0.774 bits per heavy atom. The van der Waals surface area contributed by atoms with Crippen molar-refractivity contribution in [3.05, 3.63) is 76.9 Å². The van der Waals surface area contributed by atoms with Crippen molar-refractivity contribution in [3.63, 3.8) is 0 Å². The van der Waals surface area contributed by atoms with Gasteiger partial charge < -0.3 is 14.6 Å². The van der Waals surface area contributed by atoms with Crippen molar-refractivity contribution in [2.24, 2.45) is 0 Å². The Balaban J connectivity index is 0.000000327. The molecule has 0 saturated heterocycles. The van der Waals surface area contributed by atoms with Gasteiger partial charge in [-0.1, -0.05) is 12.1 Å². The lowest BCUT2D eigenvalue weighted by Crippen LogP contribution is -2.08. The molecule has 0 amide bonds. The molecule has 0 atom stereocenters. The molecule has 0 bridgehead atoms. The first-order chi connectivity index (χ1) is 14.6. The second-order valence-electron chi connectivity index (χ2n) is 5.34. The Kier molecular flexibility index (Phi) is 9.19. The van der Waals surface area contributed by atoms with E-state index in [1.165, 1.54) is 18.2 Å². The van der Waals surface area contributed by atoms with Crippen molar-refractivity contribution in [2.75, 3.05) is 19.8 Å². The van der Waals surface area contributed by atoms with E-state index in [0.717, 1.165) is 18.2 Å². The van der Waals surface area contributed by atoms with Crippen LogP contribution in [0.15, 0.2) is 36.4 Å². The summed E-state index contributed by atoms with van der Waals surface area (Å²) in [5.41, 5.74) is -2.83. The van der Waals surface area contributed by atoms with Gasteiger partial charge in [-0.2, -0.15) is 0 Å². The lowest BCUT2D eigenvalue weighted by Gasteiger charge is -2.06. The van der Waals surface area contributed by atoms with Crippen molar-refractivity contribution in [2.45, 2.75) is 6.92 Å². The normalized spacial score (nSPS) is 9.84. The molecule has 0 radical (unpaired) electrons. The second kappa shape index (κ2) is 11.6. The Morgan fingerprint density at radius 2 is 1.29 bits per heavy atom. The maximum atomic E-state index is 10.8. The molecule has 2 aromatic carbocycles. The van der Waals surface area contributed by atoms with Crippen LogP contribution in [0.1, 0.15) is 6.92 Å². The number of benzene rings is 2. The number of phenolic OH excluding ortho intramolecular Hbond substituents is 1. The van der Waals surface area contributed by atoms with Crippen molar-refractivity contribution in [3.8, 4) is 11.5 Å². The van der Waals surface area contributed by atoms with Crippen LogP contribution in [0, 0.1) is 40.5 Å². The van der Waals surface area contributed by atoms with Crippen LogP contribution in [-0.2, 0) is 4.74 Å². The minimum absolute atomic E-state index is 0.0931. The quantitative estimate of drug-likeness (QED) is 0.340. The van der Waals surface area contributed by atoms with Crippen LogP contribution in [0.3, 0.4) is 0 Å². The first kappa shape index (κ1) is 24.6. The molecule has 2 aromatic rings. The minimum Gasteiger partial charge on any atom is -0.502 e. The van der Waals surface area contributed by atoms with E-state index in [1.807, 2.05) is 0 Å². The second-order valence-corrected chi connectivity index (χ2v) is 5.34. The summed E-state index contributed by atoms with van der Waals surface area (Å²) in [6, 6.07) is 6.86. The van der Waals surface area contributed by atoms with Crippen LogP contribution in [0.2, 0.25) is 0 Å². The van der Waals surface area contributed by atoms with Crippen LogP contribution < -0.4 is 4.74 Å². The number of ether oxygens (including phenoxy) is 2. The number of rotatable bonds is 9. The molecular weight excluding hydrogens is 424 g/mol. The average Bonchev–Trinajstić information content (AvgIpc) is 2.70. The van der Waals surface area contributed by atoms with E-state index in [-0.39, 0.29) is 19.0 Å². The minimum atomic E-state index is -0.993. The van der Waals surface area contributed by atoms with Crippen molar-refractivity contribution >= 4 is 22.7 Å². The van der Waals surface area contributed by atoms with Crippen molar-refractivity contribution < 1.29 is 34.3 Å². The van der Waals surface area contributed by atoms with Gasteiger partial charge in [0.05, 0.1) is 26.3 Å². The van der Waals surface area contributed by atoms with Crippen LogP contribution in [0.25, 0.3) is 0 Å². The molecule has 166 valence electrons. The number of phenols is 1. The van der Waals surface area contributed by atoms with Gasteiger partial charge in [0, 0.05) is 18.7 Å². The van der Waals surface area contributed by atoms with E-state index >= 15 is 0 Å². The Morgan fingerprint density at radius 3 is 1.74 bits per heavy atom. The highest BCUT2D eigenvalue weighted by Crippen LogP contribution is 2.36. The first-order valence-electron chi connectivity index (χ1n) is 8.34. The molecule has 0 aliphatic rings. The summed E-state index contributed by atoms with van der Waals surface area (Å²) in [5, 5.41) is 51.0. The molecule has 0 fully saturated rings. The standard InChI is InChI=1S/C10H12N2O6.C6H4N2O5/c1-2-17-6-7-18-9-5-3-4-8(11(13)14)10(9)12(15)16;9-5-3-1-2-4(7(10)11)6(5)8(12)13/h3-5H,2,6-7H2,1H3;1-3,9H. The van der Waals surface area contributed by atoms with Crippen molar-refractivity contribution in [1.82, 2.24) is 0 Å². The van der Waals surface area contributed by atoms with E-state index in [9.17, 15) is 40.5 Å². The van der Waals surface area contributed by atoms with Crippen molar-refractivity contribution in [1.29, 1.82) is 0 Å². The summed E-state index contributed by atoms with van der Waals surface area (Å²) in [5.74, 6) is -0.840. The van der Waals surface area contributed by atoms with Crippen LogP contribution in [0.5, 0.6) is 11.5 Å². The van der Waals surface area contributed by atoms with Crippen LogP contribution in [0.4, 0.5) is 22.7 Å². The lowest BCUT2D eigenvalue weighted by atomic mass is 10.2. The highest BCUT2D eigenvalue weighted by molar-refractivity contribution is 5.61. The Bertz CT molecular complexity index is 980. The van der Waals surface area contributed by atoms with E-state index in [2.05, 4.69) is 0 Å². The van der Waals surface area contributed by atoms with E-state index < -0.39 is 48.2 Å². The fourth-order valence-corrected chi connectivity index (χ4v) is 2.17. The monoisotopic (exact) mass is 440 g/mol. The smallest absolute Gasteiger partial charge is 0.387 e. The molecule has 2 rings (SSSR count). The third-order valence-electron chi connectivity index (χ3n) is 3.42. The molecule has 1 N–H and O–H groups in total. The largest absolute Gasteiger partial charge is 0.502 e. The Labute approximate surface area is 173 Å². The number of nitro groups is 4. The average molecular weight is 440 g/mol. The van der Waals surface area contributed by atoms with Gasteiger partial charge >= 0.3 is 22.7 Å². The number of hydrogen-bond donors (Lipinski definition) is 1. The first-order valence-corrected chi connectivity index (χ1v) is 8.34. The van der Waals surface area contributed by atoms with E-state index in [1.54, 1.807) is 6.92 Å².